The summed E-state index contributed by atoms with van der Waals surface area (Å²) in [6, 6.07) is 12.4. The number of carbonyl (C=O) groups is 1. The van der Waals surface area contributed by atoms with E-state index in [4.69, 9.17) is 0 Å². The molecular weight excluding hydrogens is 285 g/mol. The van der Waals surface area contributed by atoms with Crippen molar-refractivity contribution in [3.8, 4) is 0 Å². The number of carbonyl (C=O) groups excluding carboxylic acids is 1. The van der Waals surface area contributed by atoms with Crippen molar-refractivity contribution < 1.29 is 9.18 Å². The molecule has 2 nitrogen and oxygen atoms in total. The Morgan fingerprint density at radius 3 is 2.48 bits per heavy atom. The molecule has 1 heterocycles. The van der Waals surface area contributed by atoms with Crippen LogP contribution >= 0.6 is 11.8 Å². The van der Waals surface area contributed by atoms with Gasteiger partial charge in [-0.15, -0.1) is 11.8 Å². The molecule has 0 unspecified atom stereocenters. The van der Waals surface area contributed by atoms with Gasteiger partial charge in [0.25, 0.3) is 0 Å². The van der Waals surface area contributed by atoms with Crippen molar-refractivity contribution in [3.63, 3.8) is 0 Å². The van der Waals surface area contributed by atoms with E-state index in [-0.39, 0.29) is 17.1 Å². The van der Waals surface area contributed by atoms with E-state index in [1.165, 1.54) is 17.7 Å². The minimum Gasteiger partial charge on any atom is -0.295 e. The second kappa shape index (κ2) is 5.53. The highest BCUT2D eigenvalue weighted by Gasteiger charge is 2.34. The van der Waals surface area contributed by atoms with Crippen LogP contribution in [0.4, 0.5) is 10.1 Å². The summed E-state index contributed by atoms with van der Waals surface area (Å²) < 4.78 is 13.1. The van der Waals surface area contributed by atoms with Gasteiger partial charge in [0.1, 0.15) is 11.2 Å². The molecule has 0 radical (unpaired) electrons. The van der Waals surface area contributed by atoms with Gasteiger partial charge >= 0.3 is 0 Å². The van der Waals surface area contributed by atoms with Gasteiger partial charge in [-0.3, -0.25) is 9.69 Å². The van der Waals surface area contributed by atoms with E-state index in [2.05, 4.69) is 6.92 Å². The quantitative estimate of drug-likeness (QED) is 0.827. The number of amides is 1. The normalized spacial score (nSPS) is 18.3. The summed E-state index contributed by atoms with van der Waals surface area (Å²) >= 11 is 1.58. The first-order valence-corrected chi connectivity index (χ1v) is 7.87. The van der Waals surface area contributed by atoms with E-state index >= 15 is 0 Å². The molecular formula is C17H16FNOS. The average molecular weight is 301 g/mol. The lowest BCUT2D eigenvalue weighted by Crippen LogP contribution is -2.27. The summed E-state index contributed by atoms with van der Waals surface area (Å²) in [6.07, 6.45) is 0. The molecule has 21 heavy (non-hydrogen) atoms. The molecule has 0 saturated carbocycles. The van der Waals surface area contributed by atoms with Crippen LogP contribution in [0.2, 0.25) is 0 Å². The van der Waals surface area contributed by atoms with Crippen LogP contribution in [0.15, 0.2) is 42.5 Å². The highest BCUT2D eigenvalue weighted by atomic mass is 32.2. The molecule has 3 rings (SSSR count). The minimum absolute atomic E-state index is 0.0831. The molecule has 2 aromatic rings. The van der Waals surface area contributed by atoms with Crippen molar-refractivity contribution in [2.24, 2.45) is 0 Å². The fourth-order valence-electron chi connectivity index (χ4n) is 2.45. The zero-order valence-electron chi connectivity index (χ0n) is 12.0. The minimum atomic E-state index is -0.259. The molecule has 1 fully saturated rings. The average Bonchev–Trinajstić information content (AvgIpc) is 2.85. The number of anilines is 1. The van der Waals surface area contributed by atoms with E-state index in [1.54, 1.807) is 23.9 Å². The van der Waals surface area contributed by atoms with Crippen LogP contribution < -0.4 is 4.90 Å². The molecule has 108 valence electrons. The molecule has 0 bridgehead atoms. The maximum Gasteiger partial charge on any atom is 0.238 e. The van der Waals surface area contributed by atoms with Gasteiger partial charge in [0, 0.05) is 5.69 Å². The molecule has 2 aromatic carbocycles. The van der Waals surface area contributed by atoms with Crippen LogP contribution in [0.25, 0.3) is 0 Å². The summed E-state index contributed by atoms with van der Waals surface area (Å²) in [5, 5.41) is -0.0831. The van der Waals surface area contributed by atoms with Crippen LogP contribution in [-0.4, -0.2) is 11.7 Å². The predicted octanol–water partition coefficient (Wildman–Crippen LogP) is 4.22. The van der Waals surface area contributed by atoms with Crippen molar-refractivity contribution in [1.29, 1.82) is 0 Å². The second-order valence-corrected chi connectivity index (χ2v) is 6.32. The fraction of sp³-hybridized carbons (Fsp3) is 0.235. The van der Waals surface area contributed by atoms with Gasteiger partial charge in [-0.05, 0) is 54.8 Å². The molecule has 1 amide bonds. The van der Waals surface area contributed by atoms with Gasteiger partial charge in [-0.25, -0.2) is 4.39 Å². The third-order valence-corrected chi connectivity index (χ3v) is 5.00. The van der Waals surface area contributed by atoms with Gasteiger partial charge in [0.15, 0.2) is 0 Å². The van der Waals surface area contributed by atoms with E-state index in [9.17, 15) is 9.18 Å². The molecule has 0 N–H and O–H groups in total. The van der Waals surface area contributed by atoms with Gasteiger partial charge in [-0.1, -0.05) is 18.2 Å². The van der Waals surface area contributed by atoms with Crippen LogP contribution in [0.3, 0.4) is 0 Å². The maximum absolute atomic E-state index is 13.1. The lowest BCUT2D eigenvalue weighted by atomic mass is 10.1. The van der Waals surface area contributed by atoms with Gasteiger partial charge in [0.2, 0.25) is 5.91 Å². The lowest BCUT2D eigenvalue weighted by molar-refractivity contribution is -0.115. The van der Waals surface area contributed by atoms with Crippen LogP contribution in [0.1, 0.15) is 22.1 Å². The second-order valence-electron chi connectivity index (χ2n) is 5.25. The number of hydrogen-bond donors (Lipinski definition) is 0. The Hall–Kier alpha value is -1.81. The molecule has 0 aliphatic carbocycles. The predicted molar refractivity (Wildman–Crippen MR) is 85.0 cm³/mol. The summed E-state index contributed by atoms with van der Waals surface area (Å²) in [4.78, 5) is 14.1. The standard InChI is InChI=1S/C17H16FNOS/c1-11-3-8-15(9-12(11)2)19-16(20)10-21-17(19)13-4-6-14(18)7-5-13/h3-9,17H,10H2,1-2H3/t17-/m1/s1. The van der Waals surface area contributed by atoms with E-state index in [1.807, 2.05) is 30.0 Å². The highest BCUT2D eigenvalue weighted by molar-refractivity contribution is 8.00. The van der Waals surface area contributed by atoms with Gasteiger partial charge in [-0.2, -0.15) is 0 Å². The molecule has 1 aliphatic rings. The molecule has 0 aromatic heterocycles. The maximum atomic E-state index is 13.1. The van der Waals surface area contributed by atoms with Crippen molar-refractivity contribution >= 4 is 23.4 Å². The third kappa shape index (κ3) is 2.68. The Labute approximate surface area is 128 Å². The third-order valence-electron chi connectivity index (χ3n) is 3.79. The Morgan fingerprint density at radius 2 is 1.81 bits per heavy atom. The van der Waals surface area contributed by atoms with Crippen molar-refractivity contribution in [3.05, 3.63) is 65.0 Å². The molecule has 0 spiro atoms. The Kier molecular flexibility index (Phi) is 3.72. The largest absolute Gasteiger partial charge is 0.295 e. The molecule has 4 heteroatoms. The zero-order valence-corrected chi connectivity index (χ0v) is 12.8. The van der Waals surface area contributed by atoms with Crippen LogP contribution in [0, 0.1) is 19.7 Å². The Bertz CT molecular complexity index is 684. The van der Waals surface area contributed by atoms with Gasteiger partial charge < -0.3 is 0 Å². The molecule has 1 saturated heterocycles. The Balaban J connectivity index is 1.99. The number of nitrogens with zero attached hydrogens (tertiary/aromatic N) is 1. The first-order chi connectivity index (χ1) is 10.1. The number of aryl methyl sites for hydroxylation is 2. The molecule has 1 atom stereocenters. The van der Waals surface area contributed by atoms with E-state index in [0.717, 1.165) is 16.8 Å². The summed E-state index contributed by atoms with van der Waals surface area (Å²) in [7, 11) is 0. The first-order valence-electron chi connectivity index (χ1n) is 6.82. The van der Waals surface area contributed by atoms with E-state index < -0.39 is 0 Å². The monoisotopic (exact) mass is 301 g/mol. The van der Waals surface area contributed by atoms with Crippen molar-refractivity contribution in [2.45, 2.75) is 19.2 Å². The summed E-state index contributed by atoms with van der Waals surface area (Å²) in [5.74, 6) is 0.290. The van der Waals surface area contributed by atoms with Gasteiger partial charge in [0.05, 0.1) is 5.75 Å². The number of hydrogen-bond acceptors (Lipinski definition) is 2. The van der Waals surface area contributed by atoms with Crippen LogP contribution in [0.5, 0.6) is 0 Å². The fourth-order valence-corrected chi connectivity index (χ4v) is 3.63. The van der Waals surface area contributed by atoms with Crippen molar-refractivity contribution in [1.82, 2.24) is 0 Å². The topological polar surface area (TPSA) is 20.3 Å². The lowest BCUT2D eigenvalue weighted by Gasteiger charge is -2.25. The highest BCUT2D eigenvalue weighted by Crippen LogP contribution is 2.42. The molecule has 1 aliphatic heterocycles. The zero-order chi connectivity index (χ0) is 15.0. The van der Waals surface area contributed by atoms with Crippen LogP contribution in [-0.2, 0) is 4.79 Å². The number of benzene rings is 2. The number of thioether (sulfide) groups is 1. The number of rotatable bonds is 2. The first kappa shape index (κ1) is 14.1. The summed E-state index contributed by atoms with van der Waals surface area (Å²) in [6.45, 7) is 4.09. The number of halogens is 1. The smallest absolute Gasteiger partial charge is 0.238 e. The Morgan fingerprint density at radius 1 is 1.10 bits per heavy atom. The summed E-state index contributed by atoms with van der Waals surface area (Å²) in [5.41, 5.74) is 4.22. The van der Waals surface area contributed by atoms with Crippen molar-refractivity contribution in [2.75, 3.05) is 10.7 Å². The van der Waals surface area contributed by atoms with E-state index in [0.29, 0.717) is 5.75 Å². The SMILES string of the molecule is Cc1ccc(N2C(=O)CS[C@@H]2c2ccc(F)cc2)cc1C.